The summed E-state index contributed by atoms with van der Waals surface area (Å²) < 4.78 is 52.8. The molecular weight excluding hydrogens is 342 g/mol. The van der Waals surface area contributed by atoms with E-state index in [9.17, 15) is 17.6 Å². The summed E-state index contributed by atoms with van der Waals surface area (Å²) in [4.78, 5) is 9.12. The molecule has 0 saturated carbocycles. The number of benzene rings is 1. The van der Waals surface area contributed by atoms with Gasteiger partial charge in [0.1, 0.15) is 5.82 Å². The molecule has 3 aromatic rings. The predicted molar refractivity (Wildman–Crippen MR) is 85.6 cm³/mol. The second kappa shape index (κ2) is 6.43. The van der Waals surface area contributed by atoms with Gasteiger partial charge in [-0.1, -0.05) is 0 Å². The van der Waals surface area contributed by atoms with E-state index in [1.54, 1.807) is 30.1 Å². The molecule has 0 aliphatic carbocycles. The monoisotopic (exact) mass is 355 g/mol. The van der Waals surface area contributed by atoms with Gasteiger partial charge in [0.25, 0.3) is 0 Å². The maximum atomic E-state index is 12.9. The topological polar surface area (TPSA) is 30.7 Å². The van der Waals surface area contributed by atoms with Gasteiger partial charge in [0.2, 0.25) is 0 Å². The molecule has 8 heteroatoms. The fraction of sp³-hybridized carbons (Fsp3) is 0.250. The fourth-order valence-electron chi connectivity index (χ4n) is 2.45. The van der Waals surface area contributed by atoms with Crippen molar-refractivity contribution in [2.45, 2.75) is 11.1 Å². The first kappa shape index (κ1) is 16.8. The van der Waals surface area contributed by atoms with Crippen molar-refractivity contribution in [3.05, 3.63) is 42.2 Å². The second-order valence-corrected chi connectivity index (χ2v) is 6.24. The molecule has 0 saturated heterocycles. The van der Waals surface area contributed by atoms with Gasteiger partial charge in [-0.2, -0.15) is 13.2 Å². The highest BCUT2D eigenvalue weighted by molar-refractivity contribution is 7.99. The number of pyridine rings is 1. The number of hydrogen-bond donors (Lipinski definition) is 0. The van der Waals surface area contributed by atoms with Gasteiger partial charge in [-0.05, 0) is 24.3 Å². The zero-order valence-electron chi connectivity index (χ0n) is 12.6. The number of aromatic nitrogens is 3. The Kier molecular flexibility index (Phi) is 4.49. The van der Waals surface area contributed by atoms with Crippen molar-refractivity contribution in [2.24, 2.45) is 7.05 Å². The standard InChI is InChI=1S/C16H13F4N3S/c1-23-13-3-2-10(16(18,19)20)8-12(13)22-15(23)11-4-6-21-9-14(11)24-7-5-17/h2-4,6,8-9H,5,7H2,1H3. The number of halogens is 4. The van der Waals surface area contributed by atoms with Crippen LogP contribution < -0.4 is 0 Å². The van der Waals surface area contributed by atoms with Gasteiger partial charge in [-0.3, -0.25) is 9.37 Å². The van der Waals surface area contributed by atoms with Crippen LogP contribution >= 0.6 is 11.8 Å². The van der Waals surface area contributed by atoms with Crippen molar-refractivity contribution in [1.29, 1.82) is 0 Å². The molecule has 0 spiro atoms. The van der Waals surface area contributed by atoms with E-state index in [0.29, 0.717) is 11.3 Å². The lowest BCUT2D eigenvalue weighted by atomic mass is 10.2. The van der Waals surface area contributed by atoms with Crippen LogP contribution in [0.2, 0.25) is 0 Å². The summed E-state index contributed by atoms with van der Waals surface area (Å²) in [5.74, 6) is 0.800. The highest BCUT2D eigenvalue weighted by Gasteiger charge is 2.31. The molecule has 0 N–H and O–H groups in total. The Morgan fingerprint density at radius 3 is 2.71 bits per heavy atom. The Morgan fingerprint density at radius 2 is 2.00 bits per heavy atom. The Balaban J connectivity index is 2.12. The lowest BCUT2D eigenvalue weighted by Gasteiger charge is -2.08. The number of fused-ring (bicyclic) bond motifs is 1. The van der Waals surface area contributed by atoms with Crippen molar-refractivity contribution >= 4 is 22.8 Å². The van der Waals surface area contributed by atoms with Gasteiger partial charge in [-0.15, -0.1) is 11.8 Å². The van der Waals surface area contributed by atoms with E-state index in [-0.39, 0.29) is 11.3 Å². The molecule has 0 fully saturated rings. The first-order valence-electron chi connectivity index (χ1n) is 7.08. The van der Waals surface area contributed by atoms with Crippen LogP contribution in [0.5, 0.6) is 0 Å². The SMILES string of the molecule is Cn1c(-c2ccncc2SCCF)nc2cc(C(F)(F)F)ccc21. The lowest BCUT2D eigenvalue weighted by molar-refractivity contribution is -0.137. The van der Waals surface area contributed by atoms with Gasteiger partial charge in [-0.25, -0.2) is 4.98 Å². The number of nitrogens with zero attached hydrogens (tertiary/aromatic N) is 3. The lowest BCUT2D eigenvalue weighted by Crippen LogP contribution is -2.04. The molecule has 3 rings (SSSR count). The van der Waals surface area contributed by atoms with Gasteiger partial charge >= 0.3 is 6.18 Å². The largest absolute Gasteiger partial charge is 0.416 e. The normalized spacial score (nSPS) is 12.0. The molecule has 1 aromatic carbocycles. The van der Waals surface area contributed by atoms with Crippen molar-refractivity contribution < 1.29 is 17.6 Å². The van der Waals surface area contributed by atoms with Crippen LogP contribution in [-0.2, 0) is 13.2 Å². The summed E-state index contributed by atoms with van der Waals surface area (Å²) in [6.07, 6.45) is -1.23. The molecule has 0 radical (unpaired) electrons. The molecule has 2 aromatic heterocycles. The summed E-state index contributed by atoms with van der Waals surface area (Å²) in [6.45, 7) is -0.476. The maximum Gasteiger partial charge on any atom is 0.416 e. The molecule has 3 nitrogen and oxygen atoms in total. The van der Waals surface area contributed by atoms with Crippen molar-refractivity contribution in [1.82, 2.24) is 14.5 Å². The molecule has 126 valence electrons. The highest BCUT2D eigenvalue weighted by atomic mass is 32.2. The molecule has 24 heavy (non-hydrogen) atoms. The third-order valence-electron chi connectivity index (χ3n) is 3.57. The highest BCUT2D eigenvalue weighted by Crippen LogP contribution is 2.34. The first-order valence-corrected chi connectivity index (χ1v) is 8.07. The molecule has 0 atom stereocenters. The summed E-state index contributed by atoms with van der Waals surface area (Å²) in [5, 5.41) is 0. The maximum absolute atomic E-state index is 12.9. The van der Waals surface area contributed by atoms with Crippen LogP contribution in [0.4, 0.5) is 17.6 Å². The average Bonchev–Trinajstić information content (AvgIpc) is 2.89. The molecule has 0 bridgehead atoms. The Bertz CT molecular complexity index is 873. The molecule has 0 aliphatic heterocycles. The average molecular weight is 355 g/mol. The van der Waals surface area contributed by atoms with E-state index in [4.69, 9.17) is 0 Å². The quantitative estimate of drug-likeness (QED) is 0.501. The van der Waals surface area contributed by atoms with E-state index in [1.807, 2.05) is 0 Å². The van der Waals surface area contributed by atoms with E-state index in [2.05, 4.69) is 9.97 Å². The minimum atomic E-state index is -4.41. The number of hydrogen-bond acceptors (Lipinski definition) is 3. The second-order valence-electron chi connectivity index (χ2n) is 5.10. The van der Waals surface area contributed by atoms with E-state index in [1.165, 1.54) is 17.8 Å². The van der Waals surface area contributed by atoms with Gasteiger partial charge < -0.3 is 4.57 Å². The van der Waals surface area contributed by atoms with Gasteiger partial charge in [0.05, 0.1) is 23.3 Å². The number of alkyl halides is 4. The number of thioether (sulfide) groups is 1. The Labute approximate surface area is 139 Å². The van der Waals surface area contributed by atoms with Crippen molar-refractivity contribution in [2.75, 3.05) is 12.4 Å². The molecular formula is C16H13F4N3S. The van der Waals surface area contributed by atoms with Gasteiger partial charge in [0, 0.05) is 35.7 Å². The predicted octanol–water partition coefficient (Wildman–Crippen LogP) is 4.72. The van der Waals surface area contributed by atoms with Gasteiger partial charge in [0.15, 0.2) is 0 Å². The van der Waals surface area contributed by atoms with Crippen LogP contribution in [0.15, 0.2) is 41.6 Å². The Hall–Kier alpha value is -2.09. The van der Waals surface area contributed by atoms with E-state index < -0.39 is 18.4 Å². The minimum Gasteiger partial charge on any atom is -0.327 e. The number of imidazole rings is 1. The smallest absolute Gasteiger partial charge is 0.327 e. The first-order chi connectivity index (χ1) is 11.4. The summed E-state index contributed by atoms with van der Waals surface area (Å²) in [5.41, 5.74) is 0.842. The van der Waals surface area contributed by atoms with Crippen molar-refractivity contribution in [3.8, 4) is 11.4 Å². The van der Waals surface area contributed by atoms with Crippen LogP contribution in [-0.4, -0.2) is 27.0 Å². The minimum absolute atomic E-state index is 0.264. The zero-order chi connectivity index (χ0) is 17.3. The van der Waals surface area contributed by atoms with Crippen LogP contribution in [0.25, 0.3) is 22.4 Å². The molecule has 0 unspecified atom stereocenters. The molecule has 0 amide bonds. The fourth-order valence-corrected chi connectivity index (χ4v) is 3.19. The van der Waals surface area contributed by atoms with E-state index in [0.717, 1.165) is 22.6 Å². The van der Waals surface area contributed by atoms with E-state index >= 15 is 0 Å². The molecule has 0 aliphatic rings. The van der Waals surface area contributed by atoms with Crippen LogP contribution in [0, 0.1) is 0 Å². The number of rotatable bonds is 4. The van der Waals surface area contributed by atoms with Crippen LogP contribution in [0.3, 0.4) is 0 Å². The van der Waals surface area contributed by atoms with Crippen LogP contribution in [0.1, 0.15) is 5.56 Å². The summed E-state index contributed by atoms with van der Waals surface area (Å²) in [6, 6.07) is 5.21. The van der Waals surface area contributed by atoms with Crippen molar-refractivity contribution in [3.63, 3.8) is 0 Å². The number of aryl methyl sites for hydroxylation is 1. The third kappa shape index (κ3) is 3.10. The summed E-state index contributed by atoms with van der Waals surface area (Å²) in [7, 11) is 1.74. The third-order valence-corrected chi connectivity index (χ3v) is 4.56. The zero-order valence-corrected chi connectivity index (χ0v) is 13.5. The molecule has 2 heterocycles. The summed E-state index contributed by atoms with van der Waals surface area (Å²) >= 11 is 1.30. The Morgan fingerprint density at radius 1 is 1.21 bits per heavy atom.